The van der Waals surface area contributed by atoms with E-state index in [4.69, 9.17) is 0 Å². The first kappa shape index (κ1) is 17.7. The molecule has 0 radical (unpaired) electrons. The van der Waals surface area contributed by atoms with Crippen LogP contribution in [0.3, 0.4) is 0 Å². The van der Waals surface area contributed by atoms with Crippen LogP contribution in [0.25, 0.3) is 0 Å². The molecule has 1 N–H and O–H groups in total. The maximum Gasteiger partial charge on any atom is 0.255 e. The summed E-state index contributed by atoms with van der Waals surface area (Å²) < 4.78 is 26.1. The molecule has 1 atom stereocenters. The molecule has 0 aliphatic heterocycles. The van der Waals surface area contributed by atoms with Gasteiger partial charge in [0.1, 0.15) is 6.04 Å². The summed E-state index contributed by atoms with van der Waals surface area (Å²) in [4.78, 5) is 14.2. The number of benzene rings is 1. The second-order valence-electron chi connectivity index (χ2n) is 5.53. The van der Waals surface area contributed by atoms with Gasteiger partial charge in [-0.15, -0.1) is 0 Å². The molecule has 1 amide bonds. The number of hydrogen-bond acceptors (Lipinski definition) is 4. The fourth-order valence-electron chi connectivity index (χ4n) is 2.11. The Balaban J connectivity index is 2.98. The first-order valence-corrected chi connectivity index (χ1v) is 8.71. The number of rotatable bonds is 7. The average molecular weight is 312 g/mol. The van der Waals surface area contributed by atoms with Crippen molar-refractivity contribution in [1.29, 1.82) is 0 Å². The van der Waals surface area contributed by atoms with Gasteiger partial charge in [-0.25, -0.2) is 8.42 Å². The van der Waals surface area contributed by atoms with Gasteiger partial charge in [0.15, 0.2) is 0 Å². The van der Waals surface area contributed by atoms with Crippen LogP contribution in [0.1, 0.15) is 32.4 Å². The number of carbonyl (C=O) groups is 1. The molecule has 0 saturated heterocycles. The summed E-state index contributed by atoms with van der Waals surface area (Å²) in [5.41, 5.74) is 0.777. The average Bonchev–Trinajstić information content (AvgIpc) is 2.37. The highest BCUT2D eigenvalue weighted by Gasteiger charge is 2.27. The number of sulfonamides is 1. The van der Waals surface area contributed by atoms with Crippen LogP contribution < -0.4 is 4.72 Å². The van der Waals surface area contributed by atoms with Gasteiger partial charge in [-0.2, -0.15) is 0 Å². The van der Waals surface area contributed by atoms with E-state index in [0.29, 0.717) is 6.54 Å². The Morgan fingerprint density at radius 1 is 1.24 bits per heavy atom. The van der Waals surface area contributed by atoms with Gasteiger partial charge in [0.25, 0.3) is 5.91 Å². The molecule has 118 valence electrons. The van der Waals surface area contributed by atoms with E-state index in [9.17, 15) is 13.2 Å². The van der Waals surface area contributed by atoms with Crippen molar-refractivity contribution in [3.05, 3.63) is 35.9 Å². The number of hydrogen-bond donors (Lipinski definition) is 1. The molecule has 1 aromatic rings. The van der Waals surface area contributed by atoms with E-state index < -0.39 is 22.0 Å². The monoisotopic (exact) mass is 312 g/mol. The van der Waals surface area contributed by atoms with Crippen molar-refractivity contribution >= 4 is 15.9 Å². The number of carbonyl (C=O) groups excluding carboxylic acids is 1. The van der Waals surface area contributed by atoms with Crippen LogP contribution in [0.4, 0.5) is 0 Å². The summed E-state index contributed by atoms with van der Waals surface area (Å²) in [6.45, 7) is 6.16. The van der Waals surface area contributed by atoms with Crippen molar-refractivity contribution in [3.63, 3.8) is 0 Å². The minimum absolute atomic E-state index is 0.0330. The lowest BCUT2D eigenvalue weighted by atomic mass is 10.1. The van der Waals surface area contributed by atoms with E-state index in [1.807, 2.05) is 42.2 Å². The third-order valence-electron chi connectivity index (χ3n) is 3.11. The molecule has 0 heterocycles. The standard InChI is InChI=1S/C15H24N2O3S/c1-5-17(4)14(13-9-7-6-8-10-13)15(18)16-21(19,20)11-12(2)3/h6-10,12,14H,5,11H2,1-4H3,(H,16,18). The highest BCUT2D eigenvalue weighted by molar-refractivity contribution is 7.90. The molecule has 0 aliphatic rings. The molecule has 0 aliphatic carbocycles. The van der Waals surface area contributed by atoms with E-state index in [0.717, 1.165) is 5.56 Å². The van der Waals surface area contributed by atoms with Crippen LogP contribution in [-0.2, 0) is 14.8 Å². The van der Waals surface area contributed by atoms with Crippen LogP contribution in [0.15, 0.2) is 30.3 Å². The summed E-state index contributed by atoms with van der Waals surface area (Å²) in [7, 11) is -1.80. The normalized spacial score (nSPS) is 13.4. The summed E-state index contributed by atoms with van der Waals surface area (Å²) in [6, 6.07) is 8.57. The second kappa shape index (κ2) is 7.56. The molecular weight excluding hydrogens is 288 g/mol. The van der Waals surface area contributed by atoms with Crippen LogP contribution in [0.2, 0.25) is 0 Å². The Kier molecular flexibility index (Phi) is 6.36. The molecule has 1 aromatic carbocycles. The molecule has 6 heteroatoms. The van der Waals surface area contributed by atoms with Crippen molar-refractivity contribution in [2.24, 2.45) is 5.92 Å². The van der Waals surface area contributed by atoms with Crippen molar-refractivity contribution in [3.8, 4) is 0 Å². The van der Waals surface area contributed by atoms with Gasteiger partial charge in [0, 0.05) is 0 Å². The van der Waals surface area contributed by atoms with Gasteiger partial charge in [-0.05, 0) is 25.1 Å². The Hall–Kier alpha value is -1.40. The molecule has 0 spiro atoms. The minimum atomic E-state index is -3.60. The van der Waals surface area contributed by atoms with Crippen LogP contribution in [0.5, 0.6) is 0 Å². The van der Waals surface area contributed by atoms with Gasteiger partial charge in [0.2, 0.25) is 10.0 Å². The molecule has 1 rings (SSSR count). The molecule has 0 bridgehead atoms. The quantitative estimate of drug-likeness (QED) is 0.833. The van der Waals surface area contributed by atoms with Gasteiger partial charge in [0.05, 0.1) is 5.75 Å². The molecule has 1 unspecified atom stereocenters. The van der Waals surface area contributed by atoms with Crippen molar-refractivity contribution in [2.75, 3.05) is 19.3 Å². The maximum absolute atomic E-state index is 12.4. The van der Waals surface area contributed by atoms with Gasteiger partial charge in [-0.1, -0.05) is 51.1 Å². The fraction of sp³-hybridized carbons (Fsp3) is 0.533. The molecule has 0 saturated carbocycles. The van der Waals surface area contributed by atoms with Crippen LogP contribution >= 0.6 is 0 Å². The van der Waals surface area contributed by atoms with Crippen molar-refractivity contribution in [2.45, 2.75) is 26.8 Å². The lowest BCUT2D eigenvalue weighted by Crippen LogP contribution is -2.42. The van der Waals surface area contributed by atoms with Gasteiger partial charge in [-0.3, -0.25) is 14.4 Å². The Labute approximate surface area is 127 Å². The summed E-state index contributed by atoms with van der Waals surface area (Å²) >= 11 is 0. The SMILES string of the molecule is CCN(C)C(C(=O)NS(=O)(=O)CC(C)C)c1ccccc1. The Bertz CT molecular complexity index is 556. The first-order chi connectivity index (χ1) is 9.76. The lowest BCUT2D eigenvalue weighted by molar-refractivity contribution is -0.124. The van der Waals surface area contributed by atoms with Gasteiger partial charge < -0.3 is 0 Å². The predicted octanol–water partition coefficient (Wildman–Crippen LogP) is 1.78. The highest BCUT2D eigenvalue weighted by atomic mass is 32.2. The van der Waals surface area contributed by atoms with Crippen molar-refractivity contribution < 1.29 is 13.2 Å². The highest BCUT2D eigenvalue weighted by Crippen LogP contribution is 2.19. The smallest absolute Gasteiger partial charge is 0.255 e. The molecule has 21 heavy (non-hydrogen) atoms. The van der Waals surface area contributed by atoms with Crippen molar-refractivity contribution in [1.82, 2.24) is 9.62 Å². The predicted molar refractivity (Wildman–Crippen MR) is 84.3 cm³/mol. The minimum Gasteiger partial charge on any atom is -0.292 e. The zero-order valence-corrected chi connectivity index (χ0v) is 13.9. The number of amides is 1. The largest absolute Gasteiger partial charge is 0.292 e. The van der Waals surface area contributed by atoms with Gasteiger partial charge >= 0.3 is 0 Å². The van der Waals surface area contributed by atoms with Crippen LogP contribution in [-0.4, -0.2) is 38.6 Å². The zero-order valence-electron chi connectivity index (χ0n) is 13.0. The third kappa shape index (κ3) is 5.47. The van der Waals surface area contributed by atoms with E-state index >= 15 is 0 Å². The molecule has 5 nitrogen and oxygen atoms in total. The van der Waals surface area contributed by atoms with Crippen LogP contribution in [0, 0.1) is 5.92 Å². The maximum atomic E-state index is 12.4. The van der Waals surface area contributed by atoms with E-state index in [1.165, 1.54) is 0 Å². The topological polar surface area (TPSA) is 66.5 Å². The second-order valence-corrected chi connectivity index (χ2v) is 7.29. The van der Waals surface area contributed by atoms with E-state index in [2.05, 4.69) is 4.72 Å². The number of likely N-dealkylation sites (N-methyl/N-ethyl adjacent to an activating group) is 1. The fourth-order valence-corrected chi connectivity index (χ4v) is 3.49. The number of nitrogens with one attached hydrogen (secondary N) is 1. The molecule has 0 fully saturated rings. The van der Waals surface area contributed by atoms with E-state index in [-0.39, 0.29) is 11.7 Å². The third-order valence-corrected chi connectivity index (χ3v) is 4.73. The zero-order chi connectivity index (χ0) is 16.0. The Morgan fingerprint density at radius 3 is 2.29 bits per heavy atom. The summed E-state index contributed by atoms with van der Waals surface area (Å²) in [5, 5.41) is 0. The first-order valence-electron chi connectivity index (χ1n) is 7.06. The summed E-state index contributed by atoms with van der Waals surface area (Å²) in [6.07, 6.45) is 0. The molecular formula is C15H24N2O3S. The van der Waals surface area contributed by atoms with E-state index in [1.54, 1.807) is 20.9 Å². The molecule has 0 aromatic heterocycles. The Morgan fingerprint density at radius 2 is 1.81 bits per heavy atom. The lowest BCUT2D eigenvalue weighted by Gasteiger charge is -2.26. The summed E-state index contributed by atoms with van der Waals surface area (Å²) in [5.74, 6) is -0.601. The number of nitrogens with zero attached hydrogens (tertiary/aromatic N) is 1.